The molecule has 0 unspecified atom stereocenters. The van der Waals surface area contributed by atoms with E-state index < -0.39 is 5.97 Å². The van der Waals surface area contributed by atoms with Gasteiger partial charge < -0.3 is 5.11 Å². The van der Waals surface area contributed by atoms with Crippen LogP contribution in [0.4, 0.5) is 0 Å². The van der Waals surface area contributed by atoms with Crippen molar-refractivity contribution >= 4 is 17.6 Å². The summed E-state index contributed by atoms with van der Waals surface area (Å²) < 4.78 is 1.76. The van der Waals surface area contributed by atoms with Crippen LogP contribution in [0.15, 0.2) is 24.3 Å². The molecule has 1 aliphatic rings. The highest BCUT2D eigenvalue weighted by molar-refractivity contribution is 6.30. The summed E-state index contributed by atoms with van der Waals surface area (Å²) in [6, 6.07) is 7.34. The van der Waals surface area contributed by atoms with Crippen molar-refractivity contribution in [2.24, 2.45) is 0 Å². The van der Waals surface area contributed by atoms with Gasteiger partial charge in [0.1, 0.15) is 5.69 Å². The Hall–Kier alpha value is -1.88. The number of carboxylic acid groups (broad SMARTS) is 1. The lowest BCUT2D eigenvalue weighted by molar-refractivity contribution is 0.0691. The zero-order valence-corrected chi connectivity index (χ0v) is 11.5. The second kappa shape index (κ2) is 5.25. The van der Waals surface area contributed by atoms with Crippen LogP contribution in [0.2, 0.25) is 5.02 Å². The van der Waals surface area contributed by atoms with Crippen molar-refractivity contribution < 1.29 is 9.90 Å². The Balaban J connectivity index is 2.12. The van der Waals surface area contributed by atoms with Gasteiger partial charge in [0.15, 0.2) is 5.69 Å². The summed E-state index contributed by atoms with van der Waals surface area (Å²) in [5, 5.41) is 17.8. The molecule has 2 aromatic rings. The van der Waals surface area contributed by atoms with Gasteiger partial charge in [-0.15, -0.1) is 5.10 Å². The molecular weight excluding hydrogens is 278 g/mol. The maximum absolute atomic E-state index is 11.3. The third-order valence-corrected chi connectivity index (χ3v) is 3.94. The molecule has 1 N–H and O–H groups in total. The van der Waals surface area contributed by atoms with Crippen LogP contribution in [0.5, 0.6) is 0 Å². The highest BCUT2D eigenvalue weighted by atomic mass is 35.5. The number of rotatable bonds is 3. The molecule has 0 amide bonds. The molecule has 0 spiro atoms. The van der Waals surface area contributed by atoms with Gasteiger partial charge in [-0.25, -0.2) is 9.48 Å². The predicted molar refractivity (Wildman–Crippen MR) is 74.9 cm³/mol. The van der Waals surface area contributed by atoms with E-state index in [9.17, 15) is 9.90 Å². The molecule has 20 heavy (non-hydrogen) atoms. The first-order chi connectivity index (χ1) is 9.66. The van der Waals surface area contributed by atoms with E-state index in [0.717, 1.165) is 31.2 Å². The molecule has 104 valence electrons. The zero-order valence-electron chi connectivity index (χ0n) is 10.8. The molecule has 1 fully saturated rings. The van der Waals surface area contributed by atoms with Crippen molar-refractivity contribution in [1.82, 2.24) is 15.0 Å². The lowest BCUT2D eigenvalue weighted by atomic mass is 10.1. The fourth-order valence-electron chi connectivity index (χ4n) is 2.72. The maximum Gasteiger partial charge on any atom is 0.358 e. The Morgan fingerprint density at radius 1 is 1.25 bits per heavy atom. The standard InChI is InChI=1S/C14H14ClN3O2/c15-10-7-5-9(6-8-10)13-12(14(19)20)16-17-18(13)11-3-1-2-4-11/h5-8,11H,1-4H2,(H,19,20). The Kier molecular flexibility index (Phi) is 3.44. The third-order valence-electron chi connectivity index (χ3n) is 3.69. The zero-order chi connectivity index (χ0) is 14.1. The maximum atomic E-state index is 11.3. The molecule has 0 aliphatic heterocycles. The molecule has 0 radical (unpaired) electrons. The molecule has 3 rings (SSSR count). The van der Waals surface area contributed by atoms with E-state index in [2.05, 4.69) is 10.3 Å². The highest BCUT2D eigenvalue weighted by Gasteiger charge is 2.26. The quantitative estimate of drug-likeness (QED) is 0.941. The summed E-state index contributed by atoms with van der Waals surface area (Å²) in [5.74, 6) is -1.06. The summed E-state index contributed by atoms with van der Waals surface area (Å²) >= 11 is 5.89. The minimum Gasteiger partial charge on any atom is -0.476 e. The molecule has 1 aromatic carbocycles. The number of hydrogen-bond donors (Lipinski definition) is 1. The molecule has 0 atom stereocenters. The minimum absolute atomic E-state index is 0.000720. The molecule has 1 saturated carbocycles. The van der Waals surface area contributed by atoms with Crippen molar-refractivity contribution in [2.75, 3.05) is 0 Å². The Labute approximate surface area is 121 Å². The van der Waals surface area contributed by atoms with Crippen LogP contribution in [0.1, 0.15) is 42.2 Å². The summed E-state index contributed by atoms with van der Waals surface area (Å²) in [7, 11) is 0. The van der Waals surface area contributed by atoms with Crippen LogP contribution in [0, 0.1) is 0 Å². The topological polar surface area (TPSA) is 68.0 Å². The SMILES string of the molecule is O=C(O)c1nnn(C2CCCC2)c1-c1ccc(Cl)cc1. The number of carboxylic acids is 1. The summed E-state index contributed by atoms with van der Waals surface area (Å²) in [4.78, 5) is 11.3. The molecule has 0 saturated heterocycles. The van der Waals surface area contributed by atoms with Crippen LogP contribution in [-0.2, 0) is 0 Å². The van der Waals surface area contributed by atoms with Crippen molar-refractivity contribution in [3.63, 3.8) is 0 Å². The van der Waals surface area contributed by atoms with Gasteiger partial charge in [0, 0.05) is 10.6 Å². The predicted octanol–water partition coefficient (Wildman–Crippen LogP) is 3.41. The summed E-state index contributed by atoms with van der Waals surface area (Å²) in [5.41, 5.74) is 1.35. The number of aromatic carboxylic acids is 1. The lowest BCUT2D eigenvalue weighted by Crippen LogP contribution is -2.09. The first kappa shape index (κ1) is 13.1. The Bertz CT molecular complexity index is 630. The average Bonchev–Trinajstić information content (AvgIpc) is 3.08. The van der Waals surface area contributed by atoms with Crippen molar-refractivity contribution in [3.05, 3.63) is 35.0 Å². The van der Waals surface area contributed by atoms with E-state index in [1.165, 1.54) is 0 Å². The molecule has 1 aliphatic carbocycles. The van der Waals surface area contributed by atoms with Crippen LogP contribution in [0.25, 0.3) is 11.3 Å². The third kappa shape index (κ3) is 2.29. The van der Waals surface area contributed by atoms with E-state index >= 15 is 0 Å². The minimum atomic E-state index is -1.06. The number of halogens is 1. The molecule has 1 aromatic heterocycles. The Morgan fingerprint density at radius 3 is 2.50 bits per heavy atom. The van der Waals surface area contributed by atoms with E-state index in [1.54, 1.807) is 28.9 Å². The van der Waals surface area contributed by atoms with Gasteiger partial charge in [0.05, 0.1) is 6.04 Å². The fourth-order valence-corrected chi connectivity index (χ4v) is 2.84. The van der Waals surface area contributed by atoms with Crippen LogP contribution < -0.4 is 0 Å². The molecule has 1 heterocycles. The van der Waals surface area contributed by atoms with Gasteiger partial charge in [0.2, 0.25) is 0 Å². The lowest BCUT2D eigenvalue weighted by Gasteiger charge is -2.13. The number of nitrogens with zero attached hydrogens (tertiary/aromatic N) is 3. The first-order valence-electron chi connectivity index (χ1n) is 6.61. The smallest absolute Gasteiger partial charge is 0.358 e. The summed E-state index contributed by atoms with van der Waals surface area (Å²) in [6.45, 7) is 0. The van der Waals surface area contributed by atoms with Crippen LogP contribution >= 0.6 is 11.6 Å². The van der Waals surface area contributed by atoms with Crippen molar-refractivity contribution in [1.29, 1.82) is 0 Å². The number of benzene rings is 1. The van der Waals surface area contributed by atoms with E-state index in [-0.39, 0.29) is 11.7 Å². The normalized spacial score (nSPS) is 15.7. The molecule has 6 heteroatoms. The van der Waals surface area contributed by atoms with E-state index in [1.807, 2.05) is 0 Å². The van der Waals surface area contributed by atoms with Gasteiger partial charge in [-0.2, -0.15) is 0 Å². The van der Waals surface area contributed by atoms with Gasteiger partial charge in [-0.3, -0.25) is 0 Å². The van der Waals surface area contributed by atoms with Crippen molar-refractivity contribution in [3.8, 4) is 11.3 Å². The van der Waals surface area contributed by atoms with Gasteiger partial charge >= 0.3 is 5.97 Å². The number of aromatic nitrogens is 3. The van der Waals surface area contributed by atoms with E-state index in [0.29, 0.717) is 10.7 Å². The second-order valence-corrected chi connectivity index (χ2v) is 5.42. The Morgan fingerprint density at radius 2 is 1.90 bits per heavy atom. The van der Waals surface area contributed by atoms with Crippen LogP contribution in [-0.4, -0.2) is 26.1 Å². The largest absolute Gasteiger partial charge is 0.476 e. The van der Waals surface area contributed by atoms with Gasteiger partial charge in [-0.05, 0) is 25.0 Å². The summed E-state index contributed by atoms with van der Waals surface area (Å²) in [6.07, 6.45) is 4.33. The average molecular weight is 292 g/mol. The fraction of sp³-hybridized carbons (Fsp3) is 0.357. The van der Waals surface area contributed by atoms with Gasteiger partial charge in [0.25, 0.3) is 0 Å². The number of carbonyl (C=O) groups is 1. The number of hydrogen-bond acceptors (Lipinski definition) is 3. The van der Waals surface area contributed by atoms with E-state index in [4.69, 9.17) is 11.6 Å². The second-order valence-electron chi connectivity index (χ2n) is 4.98. The van der Waals surface area contributed by atoms with Gasteiger partial charge in [-0.1, -0.05) is 41.8 Å². The van der Waals surface area contributed by atoms with Crippen molar-refractivity contribution in [2.45, 2.75) is 31.7 Å². The highest BCUT2D eigenvalue weighted by Crippen LogP contribution is 2.34. The monoisotopic (exact) mass is 291 g/mol. The first-order valence-corrected chi connectivity index (χ1v) is 6.99. The molecule has 0 bridgehead atoms. The molecular formula is C14H14ClN3O2. The van der Waals surface area contributed by atoms with Crippen LogP contribution in [0.3, 0.4) is 0 Å². The molecule has 5 nitrogen and oxygen atoms in total.